The van der Waals surface area contributed by atoms with Gasteiger partial charge < -0.3 is 48.9 Å². The number of rotatable bonds is 9. The second-order valence-corrected chi connectivity index (χ2v) is 20.2. The molecule has 0 unspecified atom stereocenters. The first-order chi connectivity index (χ1) is 33.6. The van der Waals surface area contributed by atoms with Crippen molar-refractivity contribution in [3.8, 4) is 29.4 Å². The SMILES string of the molecule is C#Cc1ccc(CNC2CCN(C(=O)OC(C)(C)C)CC2)cc1.COC(=O)c1cc(F)cc(I)c1O.COC(=O)c1cc(F)cc2cc(-c3ccc(CNC4CCN(C(=O)OC(C)(C)C)CC4)cc3)oc12. The number of benzene rings is 4. The van der Waals surface area contributed by atoms with Gasteiger partial charge in [0.15, 0.2) is 0 Å². The molecule has 2 aliphatic heterocycles. The van der Waals surface area contributed by atoms with Crippen molar-refractivity contribution in [1.82, 2.24) is 20.4 Å². The van der Waals surface area contributed by atoms with Gasteiger partial charge in [0.05, 0.1) is 17.8 Å². The van der Waals surface area contributed by atoms with Crippen molar-refractivity contribution in [2.45, 2.75) is 104 Å². The van der Waals surface area contributed by atoms with Gasteiger partial charge in [0.25, 0.3) is 0 Å². The molecule has 71 heavy (non-hydrogen) atoms. The van der Waals surface area contributed by atoms with Gasteiger partial charge in [-0.2, -0.15) is 0 Å². The number of phenolic OH excluding ortho intramolecular Hbond substituents is 1. The second kappa shape index (κ2) is 25.2. The number of esters is 2. The average Bonchev–Trinajstić information content (AvgIpc) is 3.77. The van der Waals surface area contributed by atoms with Crippen molar-refractivity contribution < 1.29 is 56.4 Å². The topological polar surface area (TPSA) is 169 Å². The van der Waals surface area contributed by atoms with Crippen molar-refractivity contribution in [2.75, 3.05) is 40.4 Å². The maximum absolute atomic E-state index is 13.9. The first kappa shape index (κ1) is 55.7. The fourth-order valence-electron chi connectivity index (χ4n) is 7.57. The van der Waals surface area contributed by atoms with Crippen molar-refractivity contribution >= 4 is 57.7 Å². The molecule has 4 aromatic carbocycles. The summed E-state index contributed by atoms with van der Waals surface area (Å²) < 4.78 is 52.9. The summed E-state index contributed by atoms with van der Waals surface area (Å²) in [7, 11) is 2.42. The Morgan fingerprint density at radius 2 is 1.14 bits per heavy atom. The number of hydrogen-bond donors (Lipinski definition) is 3. The molecule has 0 radical (unpaired) electrons. The standard InChI is InChI=1S/C27H31FN2O5.C19H26N2O2.C8H6FIO3/c1-27(2,3)35-26(32)30-11-9-21(10-12-30)29-16-17-5-7-18(8-6-17)23-14-19-13-20(28)15-22(24(19)34-23)25(31)33-4;1-5-15-6-8-16(9-7-15)14-20-17-10-12-21(13-11-17)18(22)23-19(2,3)4;1-13-8(12)5-2-4(9)3-6(10)7(5)11/h5-8,13-15,21,29H,9-12,16H2,1-4H3;1,6-9,17,20H,10-14H2,2-4H3;2-3,11H,1H3. The van der Waals surface area contributed by atoms with Gasteiger partial charge in [0.1, 0.15) is 51.1 Å². The maximum Gasteiger partial charge on any atom is 0.410 e. The molecule has 0 atom stereocenters. The number of halogens is 3. The highest BCUT2D eigenvalue weighted by atomic mass is 127. The van der Waals surface area contributed by atoms with Crippen LogP contribution in [0, 0.1) is 27.5 Å². The first-order valence-electron chi connectivity index (χ1n) is 23.2. The van der Waals surface area contributed by atoms with E-state index in [1.54, 1.807) is 38.5 Å². The third-order valence-corrected chi connectivity index (χ3v) is 12.1. The van der Waals surface area contributed by atoms with Gasteiger partial charge in [-0.3, -0.25) is 0 Å². The Morgan fingerprint density at radius 1 is 0.704 bits per heavy atom. The Hall–Kier alpha value is -6.23. The second-order valence-electron chi connectivity index (χ2n) is 19.0. The van der Waals surface area contributed by atoms with E-state index in [0.29, 0.717) is 48.4 Å². The Kier molecular flexibility index (Phi) is 19.8. The molecule has 0 bridgehead atoms. The molecular formula is C54H63F2IN4O10. The van der Waals surface area contributed by atoms with Gasteiger partial charge in [-0.25, -0.2) is 28.0 Å². The van der Waals surface area contributed by atoms with Crippen molar-refractivity contribution in [2.24, 2.45) is 0 Å². The zero-order valence-electron chi connectivity index (χ0n) is 41.5. The number of piperidine rings is 2. The van der Waals surface area contributed by atoms with Gasteiger partial charge in [0.2, 0.25) is 0 Å². The molecule has 17 heteroatoms. The van der Waals surface area contributed by atoms with E-state index in [4.69, 9.17) is 25.1 Å². The number of methoxy groups -OCH3 is 2. The summed E-state index contributed by atoms with van der Waals surface area (Å²) in [6.45, 7) is 15.6. The maximum atomic E-state index is 13.9. The van der Waals surface area contributed by atoms with Crippen LogP contribution >= 0.6 is 22.6 Å². The lowest BCUT2D eigenvalue weighted by Crippen LogP contribution is -2.46. The van der Waals surface area contributed by atoms with Crippen LogP contribution in [0.5, 0.6) is 5.75 Å². The number of carbonyl (C=O) groups excluding carboxylic acids is 4. The molecule has 2 aliphatic rings. The summed E-state index contributed by atoms with van der Waals surface area (Å²) >= 11 is 1.73. The molecule has 3 N–H and O–H groups in total. The van der Waals surface area contributed by atoms with Crippen LogP contribution in [0.2, 0.25) is 0 Å². The van der Waals surface area contributed by atoms with Crippen molar-refractivity contribution in [1.29, 1.82) is 0 Å². The molecule has 7 rings (SSSR count). The lowest BCUT2D eigenvalue weighted by atomic mass is 10.0. The smallest absolute Gasteiger partial charge is 0.410 e. The monoisotopic (exact) mass is 1090 g/mol. The summed E-state index contributed by atoms with van der Waals surface area (Å²) in [6.07, 6.45) is 8.53. The highest BCUT2D eigenvalue weighted by molar-refractivity contribution is 14.1. The number of nitrogens with one attached hydrogen (secondary N) is 2. The third-order valence-electron chi connectivity index (χ3n) is 11.3. The number of terminal acetylenes is 1. The minimum absolute atomic E-state index is 0.0623. The van der Waals surface area contributed by atoms with Crippen LogP contribution in [0.25, 0.3) is 22.3 Å². The molecule has 2 amide bonds. The van der Waals surface area contributed by atoms with Gasteiger partial charge >= 0.3 is 24.1 Å². The number of nitrogens with zero attached hydrogens (tertiary/aromatic N) is 2. The van der Waals surface area contributed by atoms with Crippen LogP contribution in [0.1, 0.15) is 105 Å². The summed E-state index contributed by atoms with van der Waals surface area (Å²) in [4.78, 5) is 50.8. The predicted molar refractivity (Wildman–Crippen MR) is 275 cm³/mol. The number of amides is 2. The van der Waals surface area contributed by atoms with Crippen LogP contribution in [-0.2, 0) is 32.0 Å². The van der Waals surface area contributed by atoms with Crippen molar-refractivity contribution in [3.63, 3.8) is 0 Å². The van der Waals surface area contributed by atoms with E-state index in [9.17, 15) is 33.1 Å². The van der Waals surface area contributed by atoms with Crippen molar-refractivity contribution in [3.05, 3.63) is 122 Å². The average molecular weight is 1090 g/mol. The zero-order valence-corrected chi connectivity index (χ0v) is 43.6. The summed E-state index contributed by atoms with van der Waals surface area (Å²) in [6, 6.07) is 22.9. The molecule has 14 nitrogen and oxygen atoms in total. The number of furan rings is 1. The van der Waals surface area contributed by atoms with Gasteiger partial charge in [-0.15, -0.1) is 6.42 Å². The molecular weight excluding hydrogens is 1030 g/mol. The highest BCUT2D eigenvalue weighted by Gasteiger charge is 2.28. The lowest BCUT2D eigenvalue weighted by molar-refractivity contribution is 0.0187. The minimum atomic E-state index is -0.755. The summed E-state index contributed by atoms with van der Waals surface area (Å²) in [5.74, 6) is 0.407. The number of fused-ring (bicyclic) bond motifs is 1. The summed E-state index contributed by atoms with van der Waals surface area (Å²) in [5, 5.41) is 17.0. The van der Waals surface area contributed by atoms with Crippen LogP contribution in [0.3, 0.4) is 0 Å². The Balaban J connectivity index is 0.000000222. The number of likely N-dealkylation sites (tertiary alicyclic amines) is 2. The van der Waals surface area contributed by atoms with Crippen LogP contribution in [-0.4, -0.2) is 103 Å². The molecule has 2 saturated heterocycles. The summed E-state index contributed by atoms with van der Waals surface area (Å²) in [5.41, 5.74) is 3.35. The van der Waals surface area contributed by atoms with E-state index in [-0.39, 0.29) is 32.6 Å². The number of ether oxygens (including phenoxy) is 4. The molecule has 0 spiro atoms. The molecule has 380 valence electrons. The molecule has 1 aromatic heterocycles. The lowest BCUT2D eigenvalue weighted by Gasteiger charge is -2.33. The van der Waals surface area contributed by atoms with Gasteiger partial charge in [-0.1, -0.05) is 42.3 Å². The largest absolute Gasteiger partial charge is 0.506 e. The predicted octanol–water partition coefficient (Wildman–Crippen LogP) is 10.6. The van der Waals surface area contributed by atoms with E-state index < -0.39 is 34.8 Å². The molecule has 3 heterocycles. The molecule has 2 fully saturated rings. The van der Waals surface area contributed by atoms with Crippen LogP contribution < -0.4 is 10.6 Å². The Labute approximate surface area is 427 Å². The normalized spacial score (nSPS) is 14.3. The zero-order chi connectivity index (χ0) is 52.0. The van der Waals surface area contributed by atoms with E-state index in [1.165, 1.54) is 25.8 Å². The Bertz CT molecular complexity index is 2660. The van der Waals surface area contributed by atoms with Gasteiger partial charge in [-0.05, 0) is 143 Å². The number of phenols is 1. The minimum Gasteiger partial charge on any atom is -0.506 e. The van der Waals surface area contributed by atoms with E-state index in [0.717, 1.165) is 80.2 Å². The Morgan fingerprint density at radius 3 is 1.59 bits per heavy atom. The number of aromatic hydroxyl groups is 1. The van der Waals surface area contributed by atoms with E-state index in [1.807, 2.05) is 77.9 Å². The van der Waals surface area contributed by atoms with E-state index in [2.05, 4.69) is 33.4 Å². The first-order valence-corrected chi connectivity index (χ1v) is 24.3. The fourth-order valence-corrected chi connectivity index (χ4v) is 8.16. The van der Waals surface area contributed by atoms with E-state index >= 15 is 0 Å². The number of hydrogen-bond acceptors (Lipinski definition) is 12. The van der Waals surface area contributed by atoms with Crippen LogP contribution in [0.4, 0.5) is 18.4 Å². The highest BCUT2D eigenvalue weighted by Crippen LogP contribution is 2.32. The third kappa shape index (κ3) is 17.0. The molecule has 5 aromatic rings. The fraction of sp³-hybridized carbons (Fsp3) is 0.407. The quantitative estimate of drug-likeness (QED) is 0.0554. The number of carbonyl (C=O) groups is 4. The van der Waals surface area contributed by atoms with Gasteiger partial charge in [0, 0.05) is 67.9 Å². The molecule has 0 saturated carbocycles. The van der Waals surface area contributed by atoms with Crippen LogP contribution in [0.15, 0.2) is 83.3 Å². The molecule has 0 aliphatic carbocycles.